The zero-order chi connectivity index (χ0) is 22.5. The van der Waals surface area contributed by atoms with Crippen LogP contribution in [0.2, 0.25) is 0 Å². The molecule has 2 aromatic rings. The third-order valence-electron chi connectivity index (χ3n) is 6.64. The monoisotopic (exact) mass is 451 g/mol. The van der Waals surface area contributed by atoms with E-state index in [0.29, 0.717) is 43.5 Å². The Labute approximate surface area is 182 Å². The lowest BCUT2D eigenvalue weighted by Gasteiger charge is -2.31. The van der Waals surface area contributed by atoms with Crippen molar-refractivity contribution in [1.82, 2.24) is 10.2 Å². The van der Waals surface area contributed by atoms with E-state index in [4.69, 9.17) is 9.47 Å². The molecule has 2 aliphatic heterocycles. The largest absolute Gasteiger partial charge is 0.507 e. The number of hydrogen-bond donors (Lipinski definition) is 3. The van der Waals surface area contributed by atoms with Crippen molar-refractivity contribution in [3.8, 4) is 17.0 Å². The first kappa shape index (κ1) is 21.4. The van der Waals surface area contributed by atoms with E-state index >= 15 is 0 Å². The summed E-state index contributed by atoms with van der Waals surface area (Å²) in [5.74, 6) is -0.0348. The number of phenolic OH excluding ortho intramolecular Hbond substituents is 1. The maximum Gasteiger partial charge on any atom is 0.416 e. The highest BCUT2D eigenvalue weighted by atomic mass is 19.4. The van der Waals surface area contributed by atoms with Crippen LogP contribution < -0.4 is 5.32 Å². The molecule has 1 saturated heterocycles. The van der Waals surface area contributed by atoms with Crippen LogP contribution in [0.1, 0.15) is 48.8 Å². The molecule has 0 amide bonds. The predicted molar refractivity (Wildman–Crippen MR) is 108 cm³/mol. The second-order valence-electron chi connectivity index (χ2n) is 8.67. The number of aromatic hydroxyl groups is 1. The number of halogens is 3. The number of ether oxygens (including phenoxy) is 2. The van der Waals surface area contributed by atoms with E-state index in [-0.39, 0.29) is 23.9 Å². The Bertz CT molecular complexity index is 1020. The highest BCUT2D eigenvalue weighted by molar-refractivity contribution is 5.74. The Morgan fingerprint density at radius 2 is 1.97 bits per heavy atom. The van der Waals surface area contributed by atoms with Gasteiger partial charge in [0, 0.05) is 29.7 Å². The van der Waals surface area contributed by atoms with Gasteiger partial charge in [0.1, 0.15) is 17.0 Å². The first-order valence-electron chi connectivity index (χ1n) is 10.8. The maximum atomic E-state index is 13.0. The molecule has 3 N–H and O–H groups in total. The lowest BCUT2D eigenvalue weighted by Crippen LogP contribution is -2.38. The van der Waals surface area contributed by atoms with E-state index < -0.39 is 29.2 Å². The second-order valence-corrected chi connectivity index (χ2v) is 8.67. The zero-order valence-corrected chi connectivity index (χ0v) is 17.3. The van der Waals surface area contributed by atoms with Gasteiger partial charge < -0.3 is 25.0 Å². The number of nitrogens with one attached hydrogen (secondary N) is 1. The molecule has 1 unspecified atom stereocenters. The van der Waals surface area contributed by atoms with Gasteiger partial charge in [-0.15, -0.1) is 10.2 Å². The lowest BCUT2D eigenvalue weighted by atomic mass is 9.88. The Kier molecular flexibility index (Phi) is 5.26. The quantitative estimate of drug-likeness (QED) is 0.654. The molecule has 1 aromatic heterocycles. The zero-order valence-electron chi connectivity index (χ0n) is 17.3. The fraction of sp³-hybridized carbons (Fsp3) is 0.545. The smallest absolute Gasteiger partial charge is 0.416 e. The van der Waals surface area contributed by atoms with Gasteiger partial charge in [0.05, 0.1) is 30.9 Å². The normalized spacial score (nSPS) is 27.6. The summed E-state index contributed by atoms with van der Waals surface area (Å²) in [7, 11) is 0. The summed E-state index contributed by atoms with van der Waals surface area (Å²) in [4.78, 5) is 0. The highest BCUT2D eigenvalue weighted by Gasteiger charge is 2.48. The van der Waals surface area contributed by atoms with Crippen LogP contribution in [0.4, 0.5) is 19.0 Å². The van der Waals surface area contributed by atoms with Crippen molar-refractivity contribution in [3.05, 3.63) is 34.9 Å². The summed E-state index contributed by atoms with van der Waals surface area (Å²) < 4.78 is 50.8. The van der Waals surface area contributed by atoms with Gasteiger partial charge in [0.25, 0.3) is 0 Å². The van der Waals surface area contributed by atoms with Crippen molar-refractivity contribution in [2.75, 3.05) is 18.5 Å². The second kappa shape index (κ2) is 7.86. The Morgan fingerprint density at radius 1 is 1.16 bits per heavy atom. The van der Waals surface area contributed by atoms with E-state index in [9.17, 15) is 23.4 Å². The number of fused-ring (bicyclic) bond motifs is 2. The molecule has 1 spiro atoms. The summed E-state index contributed by atoms with van der Waals surface area (Å²) in [6, 6.07) is 2.64. The molecule has 0 bridgehead atoms. The summed E-state index contributed by atoms with van der Waals surface area (Å²) in [6.07, 6.45) is -1.00. The molecule has 2 fully saturated rings. The van der Waals surface area contributed by atoms with Crippen LogP contribution >= 0.6 is 0 Å². The first-order valence-corrected chi connectivity index (χ1v) is 10.8. The molecule has 1 saturated carbocycles. The SMILES string of the molecule is Oc1cc(C(F)(F)F)ccc1-c1nnc(NC2CCCC[C@H]2O)c2c1CO[C@@]21CCOC1. The van der Waals surface area contributed by atoms with Crippen LogP contribution in [0.15, 0.2) is 18.2 Å². The number of aliphatic hydroxyl groups excluding tert-OH is 1. The van der Waals surface area contributed by atoms with Gasteiger partial charge in [-0.05, 0) is 31.0 Å². The predicted octanol–water partition coefficient (Wildman–Crippen LogP) is 3.73. The standard InChI is InChI=1S/C22H24F3N3O4/c23-22(24,25)12-5-6-13(17(30)9-12)19-14-10-32-21(7-8-31-11-21)18(14)20(28-27-19)26-15-3-1-2-4-16(15)29/h5-6,9,15-16,29-30H,1-4,7-8,10-11H2,(H,26,28)/t15?,16-,21-/m1/s1. The average Bonchev–Trinajstić information content (AvgIpc) is 3.38. The molecule has 7 nitrogen and oxygen atoms in total. The van der Waals surface area contributed by atoms with E-state index in [1.54, 1.807) is 0 Å². The highest BCUT2D eigenvalue weighted by Crippen LogP contribution is 2.49. The number of rotatable bonds is 3. The van der Waals surface area contributed by atoms with Crippen molar-refractivity contribution in [2.45, 2.75) is 62.6 Å². The van der Waals surface area contributed by atoms with Crippen molar-refractivity contribution in [3.63, 3.8) is 0 Å². The number of nitrogens with zero attached hydrogens (tertiary/aromatic N) is 2. The Morgan fingerprint density at radius 3 is 2.66 bits per heavy atom. The number of aromatic nitrogens is 2. The minimum absolute atomic E-state index is 0.158. The number of benzene rings is 1. The van der Waals surface area contributed by atoms with Crippen molar-refractivity contribution >= 4 is 5.82 Å². The Balaban J connectivity index is 1.59. The molecule has 3 atom stereocenters. The Hall–Kier alpha value is -2.43. The molecule has 0 radical (unpaired) electrons. The molecule has 1 aromatic carbocycles. The minimum atomic E-state index is -4.56. The van der Waals surface area contributed by atoms with Gasteiger partial charge in [-0.2, -0.15) is 13.2 Å². The third-order valence-corrected chi connectivity index (χ3v) is 6.64. The molecule has 172 valence electrons. The minimum Gasteiger partial charge on any atom is -0.507 e. The molecule has 1 aliphatic carbocycles. The van der Waals surface area contributed by atoms with E-state index in [1.807, 2.05) is 0 Å². The van der Waals surface area contributed by atoms with Crippen LogP contribution in [-0.4, -0.2) is 45.8 Å². The number of hydrogen-bond acceptors (Lipinski definition) is 7. The van der Waals surface area contributed by atoms with Crippen molar-refractivity contribution in [1.29, 1.82) is 0 Å². The number of anilines is 1. The summed E-state index contributed by atoms with van der Waals surface area (Å²) >= 11 is 0. The van der Waals surface area contributed by atoms with Gasteiger partial charge >= 0.3 is 6.18 Å². The molecular weight excluding hydrogens is 427 g/mol. The number of alkyl halides is 3. The van der Waals surface area contributed by atoms with Crippen LogP contribution in [0.3, 0.4) is 0 Å². The van der Waals surface area contributed by atoms with Crippen molar-refractivity contribution in [2.24, 2.45) is 0 Å². The molecule has 3 aliphatic rings. The van der Waals surface area contributed by atoms with Gasteiger partial charge in [0.2, 0.25) is 0 Å². The summed E-state index contributed by atoms with van der Waals surface area (Å²) in [6.45, 7) is 1.01. The van der Waals surface area contributed by atoms with Gasteiger partial charge in [-0.3, -0.25) is 0 Å². The van der Waals surface area contributed by atoms with Gasteiger partial charge in [-0.25, -0.2) is 0 Å². The summed E-state index contributed by atoms with van der Waals surface area (Å²) in [5, 5.41) is 32.7. The molecule has 3 heterocycles. The lowest BCUT2D eigenvalue weighted by molar-refractivity contribution is -0.137. The topological polar surface area (TPSA) is 96.7 Å². The molecule has 32 heavy (non-hydrogen) atoms. The van der Waals surface area contributed by atoms with E-state index in [1.165, 1.54) is 6.07 Å². The maximum absolute atomic E-state index is 13.0. The number of aliphatic hydroxyl groups is 1. The molecule has 10 heteroatoms. The fourth-order valence-electron chi connectivity index (χ4n) is 4.92. The van der Waals surface area contributed by atoms with Crippen LogP contribution in [0, 0.1) is 0 Å². The van der Waals surface area contributed by atoms with Crippen LogP contribution in [0.25, 0.3) is 11.3 Å². The fourth-order valence-corrected chi connectivity index (χ4v) is 4.92. The molecule has 5 rings (SSSR count). The van der Waals surface area contributed by atoms with Crippen molar-refractivity contribution < 1.29 is 32.9 Å². The van der Waals surface area contributed by atoms with Gasteiger partial charge in [-0.1, -0.05) is 12.8 Å². The van der Waals surface area contributed by atoms with E-state index in [2.05, 4.69) is 15.5 Å². The van der Waals surface area contributed by atoms with Gasteiger partial charge in [0.15, 0.2) is 5.82 Å². The summed E-state index contributed by atoms with van der Waals surface area (Å²) in [5.41, 5.74) is 0.175. The molecular formula is C22H24F3N3O4. The van der Waals surface area contributed by atoms with Crippen LogP contribution in [0.5, 0.6) is 5.75 Å². The first-order chi connectivity index (χ1) is 15.3. The number of phenols is 1. The third kappa shape index (κ3) is 3.60. The average molecular weight is 451 g/mol. The van der Waals surface area contributed by atoms with Crippen LogP contribution in [-0.2, 0) is 27.9 Å². The van der Waals surface area contributed by atoms with E-state index in [0.717, 1.165) is 30.9 Å².